The summed E-state index contributed by atoms with van der Waals surface area (Å²) in [5.74, 6) is -1.95. The normalized spacial score (nSPS) is 24.9. The molecule has 0 saturated heterocycles. The zero-order chi connectivity index (χ0) is 22.0. The maximum atomic E-state index is 15.5. The molecule has 4 aromatic rings. The minimum Gasteiger partial charge on any atom is -0.481 e. The first kappa shape index (κ1) is 19.3. The molecule has 8 heteroatoms. The number of aliphatic carboxylic acids is 1. The lowest BCUT2D eigenvalue weighted by Crippen LogP contribution is -2.51. The molecular formula is C24H22F2N4O2. The predicted molar refractivity (Wildman–Crippen MR) is 116 cm³/mol. The average molecular weight is 436 g/mol. The van der Waals surface area contributed by atoms with Crippen LogP contribution in [0.25, 0.3) is 27.7 Å². The van der Waals surface area contributed by atoms with Crippen molar-refractivity contribution in [3.63, 3.8) is 0 Å². The molecule has 1 unspecified atom stereocenters. The van der Waals surface area contributed by atoms with E-state index in [4.69, 9.17) is 0 Å². The Kier molecular flexibility index (Phi) is 4.25. The summed E-state index contributed by atoms with van der Waals surface area (Å²) in [6, 6.07) is 6.35. The lowest BCUT2D eigenvalue weighted by atomic mass is 9.61. The molecule has 3 aliphatic carbocycles. The number of nitrogens with zero attached hydrogens (tertiary/aromatic N) is 2. The van der Waals surface area contributed by atoms with Gasteiger partial charge in [0.05, 0.1) is 23.3 Å². The van der Waals surface area contributed by atoms with Gasteiger partial charge in [0.2, 0.25) is 5.95 Å². The molecule has 4 aromatic heterocycles. The van der Waals surface area contributed by atoms with E-state index in [2.05, 4.69) is 15.3 Å². The Morgan fingerprint density at radius 1 is 1.16 bits per heavy atom. The Hall–Kier alpha value is -3.42. The van der Waals surface area contributed by atoms with Crippen LogP contribution in [0.4, 0.5) is 14.5 Å². The number of carboxylic acid groups (broad SMARTS) is 1. The molecule has 3 saturated carbocycles. The van der Waals surface area contributed by atoms with E-state index in [1.165, 1.54) is 10.5 Å². The van der Waals surface area contributed by atoms with Crippen LogP contribution in [0.2, 0.25) is 0 Å². The molecule has 3 aliphatic rings. The summed E-state index contributed by atoms with van der Waals surface area (Å²) in [5.41, 5.74) is 2.86. The van der Waals surface area contributed by atoms with Crippen LogP contribution in [0.3, 0.4) is 0 Å². The number of nitrogens with one attached hydrogen (secondary N) is 2. The molecule has 2 atom stereocenters. The second-order valence-corrected chi connectivity index (χ2v) is 8.99. The van der Waals surface area contributed by atoms with Crippen molar-refractivity contribution in [3.8, 4) is 11.1 Å². The van der Waals surface area contributed by atoms with Crippen LogP contribution in [0, 0.1) is 29.5 Å². The number of H-pyrrole nitrogens is 1. The molecule has 0 spiro atoms. The third kappa shape index (κ3) is 2.82. The van der Waals surface area contributed by atoms with Crippen LogP contribution >= 0.6 is 0 Å². The Bertz CT molecular complexity index is 1350. The summed E-state index contributed by atoms with van der Waals surface area (Å²) >= 11 is 0. The fraction of sp³-hybridized carbons (Fsp3) is 0.333. The Balaban J connectivity index is 1.49. The summed E-state index contributed by atoms with van der Waals surface area (Å²) in [5, 5.41) is 13.8. The number of hydrogen-bond acceptors (Lipinski definition) is 3. The van der Waals surface area contributed by atoms with E-state index in [1.54, 1.807) is 30.6 Å². The zero-order valence-electron chi connectivity index (χ0n) is 17.2. The molecule has 3 fully saturated rings. The molecule has 7 rings (SSSR count). The highest BCUT2D eigenvalue weighted by atomic mass is 19.1. The van der Waals surface area contributed by atoms with Crippen LogP contribution in [0.15, 0.2) is 42.9 Å². The predicted octanol–water partition coefficient (Wildman–Crippen LogP) is 5.06. The van der Waals surface area contributed by atoms with Crippen LogP contribution in [0.1, 0.15) is 25.7 Å². The maximum Gasteiger partial charge on any atom is 0.308 e. The highest BCUT2D eigenvalue weighted by Gasteiger charge is 2.47. The van der Waals surface area contributed by atoms with Crippen molar-refractivity contribution in [2.24, 2.45) is 17.8 Å². The van der Waals surface area contributed by atoms with Crippen LogP contribution in [-0.4, -0.2) is 31.5 Å². The number of rotatable bonds is 4. The summed E-state index contributed by atoms with van der Waals surface area (Å²) in [6.45, 7) is 0. The average Bonchev–Trinajstić information content (AvgIpc) is 3.44. The number of anilines is 1. The summed E-state index contributed by atoms with van der Waals surface area (Å²) < 4.78 is 30.9. The Morgan fingerprint density at radius 3 is 2.72 bits per heavy atom. The summed E-state index contributed by atoms with van der Waals surface area (Å²) in [7, 11) is 0. The quantitative estimate of drug-likeness (QED) is 0.391. The smallest absolute Gasteiger partial charge is 0.308 e. The monoisotopic (exact) mass is 436 g/mol. The first-order chi connectivity index (χ1) is 15.5. The summed E-state index contributed by atoms with van der Waals surface area (Å²) in [6.07, 6.45) is 8.27. The second kappa shape index (κ2) is 7.05. The van der Waals surface area contributed by atoms with Gasteiger partial charge in [-0.3, -0.25) is 9.20 Å². The van der Waals surface area contributed by atoms with Crippen molar-refractivity contribution in [3.05, 3.63) is 54.6 Å². The number of carboxylic acids is 1. The van der Waals surface area contributed by atoms with Crippen molar-refractivity contribution in [2.75, 3.05) is 5.32 Å². The van der Waals surface area contributed by atoms with Gasteiger partial charge in [-0.1, -0.05) is 0 Å². The molecule has 0 radical (unpaired) electrons. The fourth-order valence-corrected chi connectivity index (χ4v) is 5.89. The van der Waals surface area contributed by atoms with Crippen molar-refractivity contribution >= 4 is 28.2 Å². The largest absolute Gasteiger partial charge is 0.481 e. The number of pyridine rings is 2. The topological polar surface area (TPSA) is 82.4 Å². The molecule has 4 heterocycles. The fourth-order valence-electron chi connectivity index (χ4n) is 5.89. The van der Waals surface area contributed by atoms with Crippen LogP contribution in [-0.2, 0) is 4.79 Å². The number of carbonyl (C=O) groups is 1. The molecular weight excluding hydrogens is 414 g/mol. The third-order valence-corrected chi connectivity index (χ3v) is 7.36. The standard InChI is InChI=1S/C24H22F2N4O2/c25-14-8-16-17(11-28-23(16)27-10-14)15-9-18(22(26)30-7-1-2-19(15)30)29-21-13-5-3-12(4-6-13)20(21)24(31)32/h1-2,7-13,20-21,29H,3-6H2,(H,27,28)(H,31,32)/t12-,13+,20-,21?/m0/s1. The molecule has 2 bridgehead atoms. The molecule has 0 amide bonds. The van der Waals surface area contributed by atoms with Gasteiger partial charge in [0, 0.05) is 34.9 Å². The number of aromatic amines is 1. The van der Waals surface area contributed by atoms with E-state index in [1.807, 2.05) is 0 Å². The number of aromatic nitrogens is 3. The van der Waals surface area contributed by atoms with E-state index >= 15 is 4.39 Å². The first-order valence-corrected chi connectivity index (χ1v) is 10.9. The van der Waals surface area contributed by atoms with Gasteiger partial charge in [0.15, 0.2) is 0 Å². The first-order valence-electron chi connectivity index (χ1n) is 10.9. The van der Waals surface area contributed by atoms with Gasteiger partial charge in [-0.25, -0.2) is 9.37 Å². The molecule has 164 valence electrons. The van der Waals surface area contributed by atoms with Gasteiger partial charge < -0.3 is 15.4 Å². The number of fused-ring (bicyclic) bond motifs is 5. The van der Waals surface area contributed by atoms with E-state index in [9.17, 15) is 14.3 Å². The van der Waals surface area contributed by atoms with Gasteiger partial charge in [-0.2, -0.15) is 4.39 Å². The molecule has 6 nitrogen and oxygen atoms in total. The lowest BCUT2D eigenvalue weighted by Gasteiger charge is -2.47. The Labute approximate surface area is 182 Å². The number of halogens is 2. The molecule has 0 aliphatic heterocycles. The third-order valence-electron chi connectivity index (χ3n) is 7.36. The highest BCUT2D eigenvalue weighted by molar-refractivity contribution is 5.99. The van der Waals surface area contributed by atoms with Gasteiger partial charge in [0.25, 0.3) is 0 Å². The van der Waals surface area contributed by atoms with E-state index < -0.39 is 23.7 Å². The maximum absolute atomic E-state index is 15.5. The van der Waals surface area contributed by atoms with Gasteiger partial charge in [0.1, 0.15) is 11.5 Å². The SMILES string of the molecule is O=C(O)[C@@H]1C(Nc2cc(-c3c[nH]c4ncc(F)cc34)c3cccn3c2F)[C@H]2CC[C@@H]1CC2. The minimum absolute atomic E-state index is 0.121. The Morgan fingerprint density at radius 2 is 1.94 bits per heavy atom. The molecule has 3 N–H and O–H groups in total. The minimum atomic E-state index is -0.822. The van der Waals surface area contributed by atoms with Crippen molar-refractivity contribution < 1.29 is 18.7 Å². The second-order valence-electron chi connectivity index (χ2n) is 8.99. The molecule has 32 heavy (non-hydrogen) atoms. The van der Waals surface area contributed by atoms with Crippen LogP contribution < -0.4 is 5.32 Å². The van der Waals surface area contributed by atoms with Crippen molar-refractivity contribution in [1.29, 1.82) is 0 Å². The van der Waals surface area contributed by atoms with Gasteiger partial charge in [-0.15, -0.1) is 0 Å². The van der Waals surface area contributed by atoms with Crippen molar-refractivity contribution in [1.82, 2.24) is 14.4 Å². The van der Waals surface area contributed by atoms with Gasteiger partial charge >= 0.3 is 5.97 Å². The molecule has 0 aromatic carbocycles. The van der Waals surface area contributed by atoms with Gasteiger partial charge in [-0.05, 0) is 61.8 Å². The van der Waals surface area contributed by atoms with E-state index in [0.717, 1.165) is 31.9 Å². The van der Waals surface area contributed by atoms with Crippen LogP contribution in [0.5, 0.6) is 0 Å². The summed E-state index contributed by atoms with van der Waals surface area (Å²) in [4.78, 5) is 19.2. The van der Waals surface area contributed by atoms with Crippen molar-refractivity contribution in [2.45, 2.75) is 31.7 Å². The highest BCUT2D eigenvalue weighted by Crippen LogP contribution is 2.47. The zero-order valence-corrected chi connectivity index (χ0v) is 17.2. The van der Waals surface area contributed by atoms with E-state index in [0.29, 0.717) is 27.7 Å². The lowest BCUT2D eigenvalue weighted by molar-refractivity contribution is -0.148. The number of hydrogen-bond donors (Lipinski definition) is 3. The van der Waals surface area contributed by atoms with E-state index in [-0.39, 0.29) is 23.6 Å².